The standard InChI is InChI=1S/C14H21N3O2/c1-3-11-4-6-12(7-5-11)10(2)17-14(19)9-16-13(18)8-15/h4-7,10H,3,8-9,15H2,1-2H3,(H,16,18)(H,17,19). The second kappa shape index (κ2) is 7.53. The van der Waals surface area contributed by atoms with Crippen molar-refractivity contribution in [2.45, 2.75) is 26.3 Å². The Morgan fingerprint density at radius 1 is 1.21 bits per heavy atom. The van der Waals surface area contributed by atoms with E-state index in [0.29, 0.717) is 0 Å². The second-order valence-electron chi connectivity index (χ2n) is 4.37. The highest BCUT2D eigenvalue weighted by atomic mass is 16.2. The average molecular weight is 263 g/mol. The number of benzene rings is 1. The molecular weight excluding hydrogens is 242 g/mol. The molecule has 0 fully saturated rings. The topological polar surface area (TPSA) is 84.2 Å². The van der Waals surface area contributed by atoms with Gasteiger partial charge in [-0.1, -0.05) is 31.2 Å². The van der Waals surface area contributed by atoms with Gasteiger partial charge in [0.2, 0.25) is 11.8 Å². The zero-order valence-corrected chi connectivity index (χ0v) is 11.4. The van der Waals surface area contributed by atoms with E-state index in [2.05, 4.69) is 17.6 Å². The fraction of sp³-hybridized carbons (Fsp3) is 0.429. The summed E-state index contributed by atoms with van der Waals surface area (Å²) in [6, 6.07) is 8.01. The Morgan fingerprint density at radius 2 is 1.84 bits per heavy atom. The highest BCUT2D eigenvalue weighted by Gasteiger charge is 2.10. The van der Waals surface area contributed by atoms with Crippen LogP contribution in [0.3, 0.4) is 0 Å². The predicted molar refractivity (Wildman–Crippen MR) is 74.4 cm³/mol. The smallest absolute Gasteiger partial charge is 0.239 e. The molecule has 0 saturated heterocycles. The van der Waals surface area contributed by atoms with Crippen molar-refractivity contribution in [1.29, 1.82) is 0 Å². The highest BCUT2D eigenvalue weighted by Crippen LogP contribution is 2.13. The summed E-state index contributed by atoms with van der Waals surface area (Å²) in [6.45, 7) is 3.85. The predicted octanol–water partition coefficient (Wildman–Crippen LogP) is 0.501. The van der Waals surface area contributed by atoms with Gasteiger partial charge >= 0.3 is 0 Å². The molecule has 0 saturated carbocycles. The Hall–Kier alpha value is -1.88. The number of aryl methyl sites for hydroxylation is 1. The quantitative estimate of drug-likeness (QED) is 0.699. The summed E-state index contributed by atoms with van der Waals surface area (Å²) in [6.07, 6.45) is 0.992. The van der Waals surface area contributed by atoms with E-state index >= 15 is 0 Å². The molecular formula is C14H21N3O2. The molecule has 2 amide bonds. The molecule has 104 valence electrons. The third-order valence-electron chi connectivity index (χ3n) is 2.90. The van der Waals surface area contributed by atoms with Crippen LogP contribution in [0.2, 0.25) is 0 Å². The minimum absolute atomic E-state index is 0.0482. The second-order valence-corrected chi connectivity index (χ2v) is 4.37. The van der Waals surface area contributed by atoms with Crippen LogP contribution in [0.25, 0.3) is 0 Å². The molecule has 1 unspecified atom stereocenters. The fourth-order valence-electron chi connectivity index (χ4n) is 1.67. The molecule has 0 aliphatic carbocycles. The van der Waals surface area contributed by atoms with Crippen LogP contribution in [0.1, 0.15) is 31.0 Å². The van der Waals surface area contributed by atoms with Gasteiger partial charge in [-0.3, -0.25) is 9.59 Å². The van der Waals surface area contributed by atoms with Gasteiger partial charge in [0, 0.05) is 0 Å². The van der Waals surface area contributed by atoms with Crippen LogP contribution in [0.5, 0.6) is 0 Å². The number of carbonyl (C=O) groups is 2. The number of nitrogens with one attached hydrogen (secondary N) is 2. The van der Waals surface area contributed by atoms with E-state index < -0.39 is 0 Å². The summed E-state index contributed by atoms with van der Waals surface area (Å²) in [5.74, 6) is -0.566. The molecule has 1 aromatic carbocycles. The molecule has 0 aliphatic rings. The van der Waals surface area contributed by atoms with Crippen molar-refractivity contribution in [3.8, 4) is 0 Å². The van der Waals surface area contributed by atoms with Gasteiger partial charge in [-0.15, -0.1) is 0 Å². The first-order valence-corrected chi connectivity index (χ1v) is 6.41. The number of carbonyl (C=O) groups excluding carboxylic acids is 2. The number of amides is 2. The molecule has 5 heteroatoms. The van der Waals surface area contributed by atoms with E-state index in [-0.39, 0.29) is 30.9 Å². The monoisotopic (exact) mass is 263 g/mol. The lowest BCUT2D eigenvalue weighted by Gasteiger charge is -2.15. The third-order valence-corrected chi connectivity index (χ3v) is 2.90. The van der Waals surface area contributed by atoms with Crippen molar-refractivity contribution in [1.82, 2.24) is 10.6 Å². The van der Waals surface area contributed by atoms with Gasteiger partial charge in [-0.25, -0.2) is 0 Å². The zero-order chi connectivity index (χ0) is 14.3. The van der Waals surface area contributed by atoms with Gasteiger partial charge in [0.25, 0.3) is 0 Å². The van der Waals surface area contributed by atoms with Gasteiger partial charge in [-0.2, -0.15) is 0 Å². The van der Waals surface area contributed by atoms with Crippen molar-refractivity contribution in [3.05, 3.63) is 35.4 Å². The van der Waals surface area contributed by atoms with Crippen molar-refractivity contribution < 1.29 is 9.59 Å². The molecule has 0 aromatic heterocycles. The Morgan fingerprint density at radius 3 is 2.37 bits per heavy atom. The van der Waals surface area contributed by atoms with E-state index in [1.54, 1.807) is 0 Å². The van der Waals surface area contributed by atoms with Crippen molar-refractivity contribution in [3.63, 3.8) is 0 Å². The molecule has 5 nitrogen and oxygen atoms in total. The number of nitrogens with two attached hydrogens (primary N) is 1. The Bertz CT molecular complexity index is 429. The Labute approximate surface area is 113 Å². The maximum Gasteiger partial charge on any atom is 0.239 e. The van der Waals surface area contributed by atoms with Crippen LogP contribution in [-0.2, 0) is 16.0 Å². The van der Waals surface area contributed by atoms with Crippen LogP contribution >= 0.6 is 0 Å². The molecule has 4 N–H and O–H groups in total. The van der Waals surface area contributed by atoms with E-state index in [4.69, 9.17) is 5.73 Å². The SMILES string of the molecule is CCc1ccc(C(C)NC(=O)CNC(=O)CN)cc1. The first-order chi connectivity index (χ1) is 9.06. The highest BCUT2D eigenvalue weighted by molar-refractivity contribution is 5.85. The fourth-order valence-corrected chi connectivity index (χ4v) is 1.67. The summed E-state index contributed by atoms with van der Waals surface area (Å²) in [5, 5.41) is 5.25. The average Bonchev–Trinajstić information content (AvgIpc) is 2.44. The molecule has 0 spiro atoms. The summed E-state index contributed by atoms with van der Waals surface area (Å²) >= 11 is 0. The summed E-state index contributed by atoms with van der Waals surface area (Å²) in [4.78, 5) is 22.5. The third kappa shape index (κ3) is 5.09. The van der Waals surface area contributed by atoms with Crippen LogP contribution in [0, 0.1) is 0 Å². The lowest BCUT2D eigenvalue weighted by atomic mass is 10.1. The minimum atomic E-state index is -0.338. The summed E-state index contributed by atoms with van der Waals surface area (Å²) in [7, 11) is 0. The molecule has 19 heavy (non-hydrogen) atoms. The molecule has 1 atom stereocenters. The van der Waals surface area contributed by atoms with Crippen molar-refractivity contribution >= 4 is 11.8 Å². The van der Waals surface area contributed by atoms with Crippen LogP contribution in [-0.4, -0.2) is 24.9 Å². The van der Waals surface area contributed by atoms with E-state index in [1.165, 1.54) is 5.56 Å². The van der Waals surface area contributed by atoms with Gasteiger partial charge in [0.15, 0.2) is 0 Å². The first kappa shape index (κ1) is 15.2. The van der Waals surface area contributed by atoms with Crippen molar-refractivity contribution in [2.75, 3.05) is 13.1 Å². The summed E-state index contributed by atoms with van der Waals surface area (Å²) in [5.41, 5.74) is 7.43. The molecule has 0 bridgehead atoms. The van der Waals surface area contributed by atoms with Gasteiger partial charge in [0.1, 0.15) is 0 Å². The molecule has 0 radical (unpaired) electrons. The zero-order valence-electron chi connectivity index (χ0n) is 11.4. The first-order valence-electron chi connectivity index (χ1n) is 6.41. The number of hydrogen-bond donors (Lipinski definition) is 3. The molecule has 1 aromatic rings. The summed E-state index contributed by atoms with van der Waals surface area (Å²) < 4.78 is 0. The van der Waals surface area contributed by atoms with Crippen molar-refractivity contribution in [2.24, 2.45) is 5.73 Å². The molecule has 0 heterocycles. The lowest BCUT2D eigenvalue weighted by molar-refractivity contribution is -0.125. The van der Waals surface area contributed by atoms with Gasteiger partial charge in [-0.05, 0) is 24.5 Å². The van der Waals surface area contributed by atoms with Crippen LogP contribution in [0.15, 0.2) is 24.3 Å². The minimum Gasteiger partial charge on any atom is -0.348 e. The van der Waals surface area contributed by atoms with Crippen LogP contribution < -0.4 is 16.4 Å². The Kier molecular flexibility index (Phi) is 6.02. The maximum absolute atomic E-state index is 11.6. The molecule has 1 rings (SSSR count). The maximum atomic E-state index is 11.6. The normalized spacial score (nSPS) is 11.7. The largest absolute Gasteiger partial charge is 0.348 e. The molecule has 0 aliphatic heterocycles. The van der Waals surface area contributed by atoms with Gasteiger partial charge in [0.05, 0.1) is 19.1 Å². The van der Waals surface area contributed by atoms with Gasteiger partial charge < -0.3 is 16.4 Å². The lowest BCUT2D eigenvalue weighted by Crippen LogP contribution is -2.40. The Balaban J connectivity index is 2.46. The van der Waals surface area contributed by atoms with E-state index in [1.807, 2.05) is 31.2 Å². The van der Waals surface area contributed by atoms with E-state index in [0.717, 1.165) is 12.0 Å². The van der Waals surface area contributed by atoms with E-state index in [9.17, 15) is 9.59 Å². The number of hydrogen-bond acceptors (Lipinski definition) is 3. The van der Waals surface area contributed by atoms with Crippen LogP contribution in [0.4, 0.5) is 0 Å². The number of rotatable bonds is 6.